The van der Waals surface area contributed by atoms with Crippen molar-refractivity contribution in [1.82, 2.24) is 5.32 Å². The molecule has 0 saturated heterocycles. The van der Waals surface area contributed by atoms with Gasteiger partial charge in [0.2, 0.25) is 5.91 Å². The van der Waals surface area contributed by atoms with Gasteiger partial charge < -0.3 is 15.2 Å². The van der Waals surface area contributed by atoms with Crippen LogP contribution in [0.3, 0.4) is 0 Å². The Labute approximate surface area is 267 Å². The van der Waals surface area contributed by atoms with Crippen molar-refractivity contribution >= 4 is 17.8 Å². The molecule has 5 aliphatic rings. The maximum Gasteiger partial charge on any atom is 0.309 e. The van der Waals surface area contributed by atoms with Crippen molar-refractivity contribution in [1.29, 1.82) is 0 Å². The molecule has 6 nitrogen and oxygen atoms in total. The Morgan fingerprint density at radius 1 is 0.909 bits per heavy atom. The molecule has 9 atom stereocenters. The van der Waals surface area contributed by atoms with E-state index in [1.54, 1.807) is 19.9 Å². The molecule has 0 aromatic heterocycles. The number of carbonyl (C=O) groups excluding carboxylic acids is 2. The number of carbonyl (C=O) groups is 3. The van der Waals surface area contributed by atoms with Gasteiger partial charge in [-0.2, -0.15) is 0 Å². The van der Waals surface area contributed by atoms with Crippen molar-refractivity contribution in [3.8, 4) is 0 Å². The highest BCUT2D eigenvalue weighted by molar-refractivity contribution is 5.81. The summed E-state index contributed by atoms with van der Waals surface area (Å²) in [4.78, 5) is 37.4. The lowest BCUT2D eigenvalue weighted by Gasteiger charge is -2.69. The summed E-state index contributed by atoms with van der Waals surface area (Å²) >= 11 is 0. The Morgan fingerprint density at radius 2 is 1.55 bits per heavy atom. The quantitative estimate of drug-likeness (QED) is 0.231. The van der Waals surface area contributed by atoms with Crippen LogP contribution in [0.2, 0.25) is 0 Å². The second-order valence-electron chi connectivity index (χ2n) is 17.5. The van der Waals surface area contributed by atoms with E-state index in [1.807, 2.05) is 20.8 Å². The van der Waals surface area contributed by atoms with E-state index in [2.05, 4.69) is 39.6 Å². The number of ether oxygens (including phenoxy) is 1. The number of nitrogens with one attached hydrogen (secondary N) is 1. The van der Waals surface area contributed by atoms with Crippen LogP contribution in [-0.2, 0) is 19.1 Å². The first-order chi connectivity index (χ1) is 20.4. The normalized spacial score (nSPS) is 40.6. The van der Waals surface area contributed by atoms with Crippen molar-refractivity contribution in [2.24, 2.45) is 57.2 Å². The fourth-order valence-corrected chi connectivity index (χ4v) is 11.6. The van der Waals surface area contributed by atoms with Crippen molar-refractivity contribution in [2.75, 3.05) is 0 Å². The number of esters is 1. The fourth-order valence-electron chi connectivity index (χ4n) is 11.6. The van der Waals surface area contributed by atoms with Gasteiger partial charge in [0.05, 0.1) is 11.8 Å². The zero-order valence-corrected chi connectivity index (χ0v) is 29.4. The SMILES string of the molecule is C=CC.CC(C)C(=O)NC12CCCC1C1CCC3C(C)(CCC4C(C)(C)C(OC(=O)CC(C)(C)C(=O)O)CCC43C)C1CC2. The third-order valence-electron chi connectivity index (χ3n) is 13.8. The van der Waals surface area contributed by atoms with E-state index in [0.29, 0.717) is 29.1 Å². The number of carboxylic acid groups (broad SMARTS) is 1. The Hall–Kier alpha value is -1.85. The van der Waals surface area contributed by atoms with Crippen LogP contribution < -0.4 is 5.32 Å². The number of amides is 1. The van der Waals surface area contributed by atoms with Gasteiger partial charge in [0.1, 0.15) is 6.10 Å². The number of hydrogen-bond donors (Lipinski definition) is 2. The number of carboxylic acids is 1. The summed E-state index contributed by atoms with van der Waals surface area (Å²) in [6, 6.07) is 0. The molecule has 0 aromatic rings. The first-order valence-corrected chi connectivity index (χ1v) is 17.7. The largest absolute Gasteiger partial charge is 0.481 e. The lowest BCUT2D eigenvalue weighted by Crippen LogP contribution is -2.65. The van der Waals surface area contributed by atoms with E-state index >= 15 is 0 Å². The highest BCUT2D eigenvalue weighted by Crippen LogP contribution is 2.72. The monoisotopic (exact) mass is 613 g/mol. The second kappa shape index (κ2) is 12.4. The molecule has 0 spiro atoms. The van der Waals surface area contributed by atoms with E-state index in [4.69, 9.17) is 4.74 Å². The van der Waals surface area contributed by atoms with E-state index in [-0.39, 0.29) is 46.7 Å². The molecule has 0 bridgehead atoms. The van der Waals surface area contributed by atoms with Gasteiger partial charge in [-0.05, 0) is 125 Å². The Morgan fingerprint density at radius 3 is 2.16 bits per heavy atom. The van der Waals surface area contributed by atoms with Gasteiger partial charge in [0.15, 0.2) is 0 Å². The van der Waals surface area contributed by atoms with Crippen molar-refractivity contribution < 1.29 is 24.2 Å². The van der Waals surface area contributed by atoms with Gasteiger partial charge in [0.25, 0.3) is 0 Å². The Kier molecular flexibility index (Phi) is 9.86. The third kappa shape index (κ3) is 5.90. The molecule has 0 heterocycles. The molecular formula is C38H63NO5. The van der Waals surface area contributed by atoms with E-state index in [0.717, 1.165) is 38.0 Å². The van der Waals surface area contributed by atoms with Crippen LogP contribution in [0.15, 0.2) is 12.7 Å². The molecule has 5 saturated carbocycles. The Balaban J connectivity index is 0.00000141. The minimum Gasteiger partial charge on any atom is -0.481 e. The van der Waals surface area contributed by atoms with E-state index in [1.165, 1.54) is 38.5 Å². The topological polar surface area (TPSA) is 92.7 Å². The fraction of sp³-hybridized carbons (Fsp3) is 0.868. The lowest BCUT2D eigenvalue weighted by atomic mass is 9.36. The molecule has 5 aliphatic carbocycles. The van der Waals surface area contributed by atoms with Crippen LogP contribution in [0.1, 0.15) is 139 Å². The number of hydrogen-bond acceptors (Lipinski definition) is 4. The molecule has 2 N–H and O–H groups in total. The van der Waals surface area contributed by atoms with E-state index < -0.39 is 11.4 Å². The molecule has 250 valence electrons. The van der Waals surface area contributed by atoms with Gasteiger partial charge in [-0.3, -0.25) is 14.4 Å². The predicted octanol–water partition coefficient (Wildman–Crippen LogP) is 8.58. The van der Waals surface area contributed by atoms with Crippen molar-refractivity contribution in [2.45, 2.75) is 151 Å². The molecule has 0 radical (unpaired) electrons. The predicted molar refractivity (Wildman–Crippen MR) is 176 cm³/mol. The molecular weight excluding hydrogens is 550 g/mol. The number of fused-ring (bicyclic) bond motifs is 7. The van der Waals surface area contributed by atoms with Gasteiger partial charge in [-0.15, -0.1) is 6.58 Å². The number of aliphatic carboxylic acids is 1. The first kappa shape index (κ1) is 35.0. The molecule has 1 amide bonds. The molecule has 44 heavy (non-hydrogen) atoms. The molecule has 5 fully saturated rings. The van der Waals surface area contributed by atoms with Crippen molar-refractivity contribution in [3.05, 3.63) is 12.7 Å². The summed E-state index contributed by atoms with van der Waals surface area (Å²) in [7, 11) is 0. The molecule has 9 unspecified atom stereocenters. The zero-order valence-electron chi connectivity index (χ0n) is 29.4. The van der Waals surface area contributed by atoms with Crippen LogP contribution in [0, 0.1) is 57.2 Å². The molecule has 6 heteroatoms. The zero-order chi connectivity index (χ0) is 32.9. The van der Waals surface area contributed by atoms with Crippen LogP contribution in [-0.4, -0.2) is 34.6 Å². The van der Waals surface area contributed by atoms with E-state index in [9.17, 15) is 19.5 Å². The molecule has 0 aliphatic heterocycles. The van der Waals surface area contributed by atoms with Gasteiger partial charge in [-0.25, -0.2) is 0 Å². The summed E-state index contributed by atoms with van der Waals surface area (Å²) in [6.45, 7) is 22.2. The summed E-state index contributed by atoms with van der Waals surface area (Å²) in [5.41, 5.74) is -0.727. The molecule has 0 aromatic carbocycles. The van der Waals surface area contributed by atoms with Gasteiger partial charge in [0, 0.05) is 16.9 Å². The highest BCUT2D eigenvalue weighted by Gasteiger charge is 2.66. The van der Waals surface area contributed by atoms with Crippen LogP contribution >= 0.6 is 0 Å². The smallest absolute Gasteiger partial charge is 0.309 e. The summed E-state index contributed by atoms with van der Waals surface area (Å²) in [6.07, 6.45) is 14.4. The lowest BCUT2D eigenvalue weighted by molar-refractivity contribution is -0.220. The van der Waals surface area contributed by atoms with Gasteiger partial charge in [-0.1, -0.05) is 54.0 Å². The summed E-state index contributed by atoms with van der Waals surface area (Å²) in [5.74, 6) is 2.11. The Bertz CT molecular complexity index is 1110. The average Bonchev–Trinajstić information content (AvgIpc) is 3.34. The van der Waals surface area contributed by atoms with Gasteiger partial charge >= 0.3 is 11.9 Å². The summed E-state index contributed by atoms with van der Waals surface area (Å²) < 4.78 is 6.10. The van der Waals surface area contributed by atoms with Crippen LogP contribution in [0.4, 0.5) is 0 Å². The van der Waals surface area contributed by atoms with Crippen LogP contribution in [0.25, 0.3) is 0 Å². The molecule has 5 rings (SSSR count). The average molecular weight is 614 g/mol. The standard InChI is InChI=1S/C35H57NO5.C3H6/c1-21(2)29(38)36-35-16-9-10-24(35)22-11-12-26-33(7,23(22)13-19-35)17-14-25-32(5,6)27(15-18-34(25,26)8)41-28(37)20-31(3,4)30(39)40;1-3-2/h21-27H,9-20H2,1-8H3,(H,36,38)(H,39,40);3H,1H2,2H3. The third-order valence-corrected chi connectivity index (χ3v) is 13.8. The first-order valence-electron chi connectivity index (χ1n) is 17.7. The van der Waals surface area contributed by atoms with Crippen molar-refractivity contribution in [3.63, 3.8) is 0 Å². The second-order valence-corrected chi connectivity index (χ2v) is 17.5. The maximum absolute atomic E-state index is 12.9. The number of rotatable bonds is 6. The minimum atomic E-state index is -1.12. The maximum atomic E-state index is 12.9. The highest BCUT2D eigenvalue weighted by atomic mass is 16.5. The summed E-state index contributed by atoms with van der Waals surface area (Å²) in [5, 5.41) is 13.1. The minimum absolute atomic E-state index is 0.0198. The number of allylic oxidation sites excluding steroid dienone is 1. The van der Waals surface area contributed by atoms with Crippen LogP contribution in [0.5, 0.6) is 0 Å².